The van der Waals surface area contributed by atoms with Gasteiger partial charge in [-0.3, -0.25) is 4.57 Å². The topological polar surface area (TPSA) is 111 Å². The lowest BCUT2D eigenvalue weighted by molar-refractivity contribution is -0.0802. The molecule has 0 spiro atoms. The van der Waals surface area contributed by atoms with E-state index >= 15 is 4.39 Å². The summed E-state index contributed by atoms with van der Waals surface area (Å²) in [6.07, 6.45) is -5.02. The summed E-state index contributed by atoms with van der Waals surface area (Å²) in [6, 6.07) is 1.23. The van der Waals surface area contributed by atoms with E-state index in [0.717, 1.165) is 10.8 Å². The van der Waals surface area contributed by atoms with Crippen LogP contribution in [0, 0.1) is 11.8 Å². The number of nitrogens with zero attached hydrogens (tertiary/aromatic N) is 2. The molecule has 2 heterocycles. The molecule has 2 rings (SSSR count). The Kier molecular flexibility index (Phi) is 4.46. The number of aliphatic hydroxyl groups excluding tert-OH is 2. The second kappa shape index (κ2) is 6.00. The van der Waals surface area contributed by atoms with Gasteiger partial charge in [0.25, 0.3) is 0 Å². The normalized spacial score (nSPS) is 32.3. The maximum atomic E-state index is 15.1. The lowest BCUT2D eigenvalue weighted by Crippen LogP contribution is -2.45. The predicted octanol–water partition coefficient (Wildman–Crippen LogP) is -0.854. The fourth-order valence-electron chi connectivity index (χ4n) is 2.26. The summed E-state index contributed by atoms with van der Waals surface area (Å²) in [7, 11) is 0. The van der Waals surface area contributed by atoms with E-state index in [9.17, 15) is 19.4 Å². The SMILES string of the molecule is C[C@@H](O)[C@H]1O[C@@H](n2ccc(N)nc2=O)C(F)(C#CCF)[C@H]1O. The predicted molar refractivity (Wildman–Crippen MR) is 72.1 cm³/mol. The van der Waals surface area contributed by atoms with Crippen LogP contribution < -0.4 is 11.4 Å². The van der Waals surface area contributed by atoms with Crippen molar-refractivity contribution in [3.8, 4) is 11.8 Å². The van der Waals surface area contributed by atoms with E-state index in [4.69, 9.17) is 10.5 Å². The zero-order valence-corrected chi connectivity index (χ0v) is 11.6. The molecular weight excluding hydrogens is 300 g/mol. The molecule has 22 heavy (non-hydrogen) atoms. The fourth-order valence-corrected chi connectivity index (χ4v) is 2.26. The van der Waals surface area contributed by atoms with E-state index in [1.165, 1.54) is 13.0 Å². The Morgan fingerprint density at radius 1 is 1.68 bits per heavy atom. The summed E-state index contributed by atoms with van der Waals surface area (Å²) in [4.78, 5) is 15.3. The van der Waals surface area contributed by atoms with Crippen LogP contribution in [0.1, 0.15) is 13.2 Å². The Labute approximate surface area is 124 Å². The largest absolute Gasteiger partial charge is 0.391 e. The number of nitrogens with two attached hydrogens (primary N) is 1. The number of rotatable bonds is 2. The molecule has 5 atom stereocenters. The number of ether oxygens (including phenoxy) is 1. The van der Waals surface area contributed by atoms with Crippen LogP contribution in [0.15, 0.2) is 17.1 Å². The Bertz CT molecular complexity index is 669. The molecule has 4 N–H and O–H groups in total. The molecule has 9 heteroatoms. The molecule has 1 fully saturated rings. The fraction of sp³-hybridized carbons (Fsp3) is 0.538. The summed E-state index contributed by atoms with van der Waals surface area (Å²) in [5, 5.41) is 19.6. The van der Waals surface area contributed by atoms with Crippen molar-refractivity contribution in [1.82, 2.24) is 9.55 Å². The zero-order valence-electron chi connectivity index (χ0n) is 11.6. The quantitative estimate of drug-likeness (QED) is 0.613. The van der Waals surface area contributed by atoms with Gasteiger partial charge in [0, 0.05) is 6.20 Å². The number of aliphatic hydroxyl groups is 2. The van der Waals surface area contributed by atoms with Crippen LogP contribution >= 0.6 is 0 Å². The number of nitrogen functional groups attached to an aromatic ring is 1. The van der Waals surface area contributed by atoms with Crippen molar-refractivity contribution >= 4 is 5.82 Å². The average Bonchev–Trinajstić information content (AvgIpc) is 2.70. The molecule has 1 aliphatic heterocycles. The van der Waals surface area contributed by atoms with Gasteiger partial charge in [0.15, 0.2) is 6.23 Å². The Morgan fingerprint density at radius 3 is 2.91 bits per heavy atom. The number of hydrogen-bond donors (Lipinski definition) is 3. The molecule has 0 saturated carbocycles. The van der Waals surface area contributed by atoms with Crippen LogP contribution in [0.2, 0.25) is 0 Å². The molecular formula is C13H15F2N3O4. The molecule has 1 aromatic heterocycles. The van der Waals surface area contributed by atoms with E-state index in [0.29, 0.717) is 0 Å². The first-order valence-corrected chi connectivity index (χ1v) is 6.42. The Hall–Kier alpha value is -2.02. The number of hydrogen-bond acceptors (Lipinski definition) is 6. The molecule has 1 aromatic rings. The minimum absolute atomic E-state index is 0.0776. The molecule has 0 radical (unpaired) electrons. The first-order chi connectivity index (χ1) is 10.3. The van der Waals surface area contributed by atoms with Gasteiger partial charge in [0.1, 0.15) is 24.7 Å². The van der Waals surface area contributed by atoms with Gasteiger partial charge in [-0.25, -0.2) is 13.6 Å². The van der Waals surface area contributed by atoms with Gasteiger partial charge < -0.3 is 20.7 Å². The molecule has 0 aromatic carbocycles. The monoisotopic (exact) mass is 315 g/mol. The van der Waals surface area contributed by atoms with Gasteiger partial charge in [-0.1, -0.05) is 11.8 Å². The molecule has 1 saturated heterocycles. The summed E-state index contributed by atoms with van der Waals surface area (Å²) in [5.74, 6) is 3.74. The maximum absolute atomic E-state index is 15.1. The van der Waals surface area contributed by atoms with E-state index in [-0.39, 0.29) is 5.82 Å². The molecule has 1 aliphatic rings. The third-order valence-electron chi connectivity index (χ3n) is 3.31. The van der Waals surface area contributed by atoms with Crippen molar-refractivity contribution in [2.45, 2.75) is 37.1 Å². The second-order valence-electron chi connectivity index (χ2n) is 4.88. The van der Waals surface area contributed by atoms with Crippen LogP contribution in [-0.2, 0) is 4.74 Å². The van der Waals surface area contributed by atoms with Crippen LogP contribution in [0.4, 0.5) is 14.6 Å². The Morgan fingerprint density at radius 2 is 2.36 bits per heavy atom. The van der Waals surface area contributed by atoms with E-state index in [2.05, 4.69) is 4.98 Å². The van der Waals surface area contributed by atoms with Crippen LogP contribution in [0.5, 0.6) is 0 Å². The summed E-state index contributed by atoms with van der Waals surface area (Å²) in [5.41, 5.74) is 1.64. The smallest absolute Gasteiger partial charge is 0.351 e. The average molecular weight is 315 g/mol. The van der Waals surface area contributed by atoms with Gasteiger partial charge in [-0.2, -0.15) is 4.98 Å². The van der Waals surface area contributed by atoms with Crippen molar-refractivity contribution in [3.63, 3.8) is 0 Å². The van der Waals surface area contributed by atoms with E-state index in [1.54, 1.807) is 0 Å². The van der Waals surface area contributed by atoms with Gasteiger partial charge in [-0.15, -0.1) is 0 Å². The summed E-state index contributed by atoms with van der Waals surface area (Å²) >= 11 is 0. The van der Waals surface area contributed by atoms with Crippen molar-refractivity contribution in [3.05, 3.63) is 22.7 Å². The minimum Gasteiger partial charge on any atom is -0.391 e. The lowest BCUT2D eigenvalue weighted by atomic mass is 9.94. The van der Waals surface area contributed by atoms with Crippen molar-refractivity contribution in [2.24, 2.45) is 0 Å². The van der Waals surface area contributed by atoms with Gasteiger partial charge >= 0.3 is 5.69 Å². The highest BCUT2D eigenvalue weighted by Crippen LogP contribution is 2.41. The molecule has 0 amide bonds. The van der Waals surface area contributed by atoms with Gasteiger partial charge in [0.05, 0.1) is 6.10 Å². The van der Waals surface area contributed by atoms with Crippen molar-refractivity contribution in [1.29, 1.82) is 0 Å². The van der Waals surface area contributed by atoms with Crippen molar-refractivity contribution < 1.29 is 23.7 Å². The molecule has 1 unspecified atom stereocenters. The number of alkyl halides is 2. The third-order valence-corrected chi connectivity index (χ3v) is 3.31. The highest BCUT2D eigenvalue weighted by Gasteiger charge is 2.59. The standard InChI is InChI=1S/C13H15F2N3O4/c1-7(19)9-10(20)13(15,4-2-5-14)11(22-9)18-6-3-8(16)17-12(18)21/h3,6-7,9-11,19-20H,5H2,1H3,(H2,16,17,21)/t7-,9-,10+,11-,13?/m1/s1. The maximum Gasteiger partial charge on any atom is 0.351 e. The zero-order chi connectivity index (χ0) is 16.5. The number of aromatic nitrogens is 2. The first kappa shape index (κ1) is 16.4. The number of halogens is 2. The summed E-state index contributed by atoms with van der Waals surface area (Å²) in [6.45, 7) is 0.141. The number of anilines is 1. The van der Waals surface area contributed by atoms with Crippen molar-refractivity contribution in [2.75, 3.05) is 12.4 Å². The third kappa shape index (κ3) is 2.68. The van der Waals surface area contributed by atoms with Gasteiger partial charge in [0.2, 0.25) is 5.67 Å². The molecule has 0 aliphatic carbocycles. The van der Waals surface area contributed by atoms with E-state index < -0.39 is 42.6 Å². The van der Waals surface area contributed by atoms with Gasteiger partial charge in [-0.05, 0) is 13.0 Å². The second-order valence-corrected chi connectivity index (χ2v) is 4.88. The Balaban J connectivity index is 2.53. The minimum atomic E-state index is -2.78. The van der Waals surface area contributed by atoms with Crippen LogP contribution in [-0.4, -0.2) is 50.4 Å². The summed E-state index contributed by atoms with van der Waals surface area (Å²) < 4.78 is 33.3. The lowest BCUT2D eigenvalue weighted by Gasteiger charge is -2.24. The molecule has 120 valence electrons. The van der Waals surface area contributed by atoms with Crippen LogP contribution in [0.3, 0.4) is 0 Å². The molecule has 7 nitrogen and oxygen atoms in total. The first-order valence-electron chi connectivity index (χ1n) is 6.42. The highest BCUT2D eigenvalue weighted by atomic mass is 19.1. The molecule has 0 bridgehead atoms. The highest BCUT2D eigenvalue weighted by molar-refractivity contribution is 5.26. The van der Waals surface area contributed by atoms with Crippen LogP contribution in [0.25, 0.3) is 0 Å². The van der Waals surface area contributed by atoms with E-state index in [1.807, 2.05) is 11.8 Å².